The van der Waals surface area contributed by atoms with Gasteiger partial charge in [-0.3, -0.25) is 0 Å². The minimum absolute atomic E-state index is 0.329. The molecular weight excluding hydrogens is 284 g/mol. The van der Waals surface area contributed by atoms with Gasteiger partial charge in [0.05, 0.1) is 6.26 Å². The minimum Gasteiger partial charge on any atom is -0.314 e. The van der Waals surface area contributed by atoms with Gasteiger partial charge in [-0.25, -0.2) is 12.7 Å². The first kappa shape index (κ1) is 17.2. The smallest absolute Gasteiger partial charge is 0.211 e. The molecule has 1 N–H and O–H groups in total. The Hall–Kier alpha value is -0.130. The second-order valence-electron chi connectivity index (χ2n) is 7.80. The standard InChI is InChI=1S/C16H32N2O2S/c1-13(2)17-12-16(3,15-7-8-15)10-14-6-5-9-18(11-14)21(4,19)20/h13-15,17H,5-12H2,1-4H3. The van der Waals surface area contributed by atoms with Crippen molar-refractivity contribution in [1.29, 1.82) is 0 Å². The molecule has 2 unspecified atom stereocenters. The maximum absolute atomic E-state index is 11.8. The summed E-state index contributed by atoms with van der Waals surface area (Å²) < 4.78 is 25.2. The molecule has 5 heteroatoms. The summed E-state index contributed by atoms with van der Waals surface area (Å²) in [6.45, 7) is 9.28. The fraction of sp³-hybridized carbons (Fsp3) is 1.00. The Bertz CT molecular complexity index is 445. The summed E-state index contributed by atoms with van der Waals surface area (Å²) in [5.74, 6) is 1.35. The van der Waals surface area contributed by atoms with Gasteiger partial charge in [0.25, 0.3) is 0 Å². The Morgan fingerprint density at radius 2 is 1.95 bits per heavy atom. The van der Waals surface area contributed by atoms with E-state index in [1.807, 2.05) is 0 Å². The third kappa shape index (κ3) is 4.93. The second kappa shape index (κ2) is 6.55. The van der Waals surface area contributed by atoms with E-state index in [1.165, 1.54) is 25.5 Å². The summed E-state index contributed by atoms with van der Waals surface area (Å²) in [6, 6.07) is 0.516. The summed E-state index contributed by atoms with van der Waals surface area (Å²) in [7, 11) is -3.03. The summed E-state index contributed by atoms with van der Waals surface area (Å²) >= 11 is 0. The average Bonchev–Trinajstić information content (AvgIpc) is 3.20. The first-order chi connectivity index (χ1) is 9.71. The predicted octanol–water partition coefficient (Wildman–Crippen LogP) is 2.46. The highest BCUT2D eigenvalue weighted by atomic mass is 32.2. The van der Waals surface area contributed by atoms with Crippen LogP contribution in [0, 0.1) is 17.3 Å². The first-order valence-corrected chi connectivity index (χ1v) is 10.2. The molecule has 0 spiro atoms. The van der Waals surface area contributed by atoms with Gasteiger partial charge < -0.3 is 5.32 Å². The van der Waals surface area contributed by atoms with E-state index < -0.39 is 10.0 Å². The van der Waals surface area contributed by atoms with Crippen LogP contribution in [0.25, 0.3) is 0 Å². The van der Waals surface area contributed by atoms with Gasteiger partial charge in [0.1, 0.15) is 0 Å². The molecule has 1 saturated carbocycles. The van der Waals surface area contributed by atoms with Gasteiger partial charge in [0.15, 0.2) is 0 Å². The summed E-state index contributed by atoms with van der Waals surface area (Å²) in [6.07, 6.45) is 7.38. The maximum atomic E-state index is 11.8. The van der Waals surface area contributed by atoms with Crippen LogP contribution in [0.5, 0.6) is 0 Å². The van der Waals surface area contributed by atoms with Gasteiger partial charge in [-0.2, -0.15) is 0 Å². The quantitative estimate of drug-likeness (QED) is 0.785. The Kier molecular flexibility index (Phi) is 5.37. The SMILES string of the molecule is CC(C)NCC(C)(CC1CCCN(S(C)(=O)=O)C1)C1CC1. The molecule has 2 aliphatic rings. The van der Waals surface area contributed by atoms with Crippen molar-refractivity contribution < 1.29 is 8.42 Å². The van der Waals surface area contributed by atoms with Gasteiger partial charge in [0.2, 0.25) is 10.0 Å². The van der Waals surface area contributed by atoms with E-state index in [2.05, 4.69) is 26.1 Å². The zero-order valence-corrected chi connectivity index (χ0v) is 14.9. The molecule has 0 aromatic heterocycles. The topological polar surface area (TPSA) is 49.4 Å². The molecule has 2 rings (SSSR count). The lowest BCUT2D eigenvalue weighted by molar-refractivity contribution is 0.149. The van der Waals surface area contributed by atoms with Crippen molar-refractivity contribution in [1.82, 2.24) is 9.62 Å². The maximum Gasteiger partial charge on any atom is 0.211 e. The molecule has 0 aromatic rings. The molecule has 1 saturated heterocycles. The molecule has 0 amide bonds. The van der Waals surface area contributed by atoms with Gasteiger partial charge in [-0.15, -0.1) is 0 Å². The highest BCUT2D eigenvalue weighted by Crippen LogP contribution is 2.49. The molecule has 2 fully saturated rings. The third-order valence-electron chi connectivity index (χ3n) is 5.18. The Morgan fingerprint density at radius 3 is 2.48 bits per heavy atom. The number of piperidine rings is 1. The van der Waals surface area contributed by atoms with Crippen LogP contribution in [0.2, 0.25) is 0 Å². The lowest BCUT2D eigenvalue weighted by Crippen LogP contribution is -2.43. The average molecular weight is 317 g/mol. The van der Waals surface area contributed by atoms with Crippen molar-refractivity contribution in [3.8, 4) is 0 Å². The Balaban J connectivity index is 1.96. The molecule has 4 nitrogen and oxygen atoms in total. The Morgan fingerprint density at radius 1 is 1.29 bits per heavy atom. The highest BCUT2D eigenvalue weighted by molar-refractivity contribution is 7.88. The predicted molar refractivity (Wildman–Crippen MR) is 87.7 cm³/mol. The second-order valence-corrected chi connectivity index (χ2v) is 9.78. The molecule has 1 aliphatic heterocycles. The van der Waals surface area contributed by atoms with E-state index in [0.717, 1.165) is 31.8 Å². The molecule has 0 bridgehead atoms. The third-order valence-corrected chi connectivity index (χ3v) is 6.45. The molecule has 1 aliphatic carbocycles. The molecular formula is C16H32N2O2S. The van der Waals surface area contributed by atoms with Crippen molar-refractivity contribution >= 4 is 10.0 Å². The van der Waals surface area contributed by atoms with Gasteiger partial charge >= 0.3 is 0 Å². The molecule has 2 atom stereocenters. The monoisotopic (exact) mass is 316 g/mol. The van der Waals surface area contributed by atoms with E-state index in [4.69, 9.17) is 0 Å². The minimum atomic E-state index is -3.03. The van der Waals surface area contributed by atoms with Crippen molar-refractivity contribution in [2.45, 2.75) is 58.9 Å². The Labute approximate surface area is 130 Å². The first-order valence-electron chi connectivity index (χ1n) is 8.39. The van der Waals surface area contributed by atoms with Crippen molar-refractivity contribution in [3.63, 3.8) is 0 Å². The number of nitrogens with one attached hydrogen (secondary N) is 1. The molecule has 1 heterocycles. The van der Waals surface area contributed by atoms with Crippen LogP contribution in [0.3, 0.4) is 0 Å². The summed E-state index contributed by atoms with van der Waals surface area (Å²) in [5.41, 5.74) is 0.329. The zero-order valence-electron chi connectivity index (χ0n) is 14.1. The highest BCUT2D eigenvalue weighted by Gasteiger charge is 2.43. The zero-order chi connectivity index (χ0) is 15.7. The number of hydrogen-bond donors (Lipinski definition) is 1. The summed E-state index contributed by atoms with van der Waals surface area (Å²) in [4.78, 5) is 0. The van der Waals surface area contributed by atoms with Crippen LogP contribution in [0.15, 0.2) is 0 Å². The fourth-order valence-electron chi connectivity index (χ4n) is 3.75. The van der Waals surface area contributed by atoms with E-state index in [1.54, 1.807) is 4.31 Å². The van der Waals surface area contributed by atoms with Crippen molar-refractivity contribution in [2.75, 3.05) is 25.9 Å². The molecule has 0 aromatic carbocycles. The van der Waals surface area contributed by atoms with Crippen molar-refractivity contribution in [3.05, 3.63) is 0 Å². The van der Waals surface area contributed by atoms with Crippen LogP contribution >= 0.6 is 0 Å². The number of hydrogen-bond acceptors (Lipinski definition) is 3. The largest absolute Gasteiger partial charge is 0.314 e. The van der Waals surface area contributed by atoms with E-state index in [-0.39, 0.29) is 0 Å². The molecule has 21 heavy (non-hydrogen) atoms. The van der Waals surface area contributed by atoms with Crippen molar-refractivity contribution in [2.24, 2.45) is 17.3 Å². The van der Waals surface area contributed by atoms with Crippen LogP contribution in [0.1, 0.15) is 52.9 Å². The molecule has 124 valence electrons. The fourth-order valence-corrected chi connectivity index (χ4v) is 4.70. The van der Waals surface area contributed by atoms with Crippen LogP contribution in [-0.4, -0.2) is 44.7 Å². The molecule has 0 radical (unpaired) electrons. The van der Waals surface area contributed by atoms with Gasteiger partial charge in [0, 0.05) is 25.7 Å². The van der Waals surface area contributed by atoms with Crippen LogP contribution in [-0.2, 0) is 10.0 Å². The van der Waals surface area contributed by atoms with Crippen LogP contribution < -0.4 is 5.32 Å². The van der Waals surface area contributed by atoms with Gasteiger partial charge in [-0.1, -0.05) is 20.8 Å². The number of nitrogens with zero attached hydrogens (tertiary/aromatic N) is 1. The van der Waals surface area contributed by atoms with E-state index >= 15 is 0 Å². The lowest BCUT2D eigenvalue weighted by Gasteiger charge is -2.38. The van der Waals surface area contributed by atoms with Gasteiger partial charge in [-0.05, 0) is 49.4 Å². The van der Waals surface area contributed by atoms with E-state index in [9.17, 15) is 8.42 Å². The number of sulfonamides is 1. The lowest BCUT2D eigenvalue weighted by atomic mass is 9.74. The normalized spacial score (nSPS) is 27.8. The number of rotatable bonds is 7. The van der Waals surface area contributed by atoms with E-state index in [0.29, 0.717) is 23.9 Å². The summed E-state index contributed by atoms with van der Waals surface area (Å²) in [5, 5.41) is 3.61. The van der Waals surface area contributed by atoms with Crippen LogP contribution in [0.4, 0.5) is 0 Å².